The molecular weight excluding hydrogens is 394 g/mol. The third-order valence-corrected chi connectivity index (χ3v) is 4.45. The second-order valence-electron chi connectivity index (χ2n) is 6.05. The Hall–Kier alpha value is -3.78. The molecule has 29 heavy (non-hydrogen) atoms. The number of nitrogens with one attached hydrogen (secondary N) is 1. The van der Waals surface area contributed by atoms with Crippen molar-refractivity contribution in [3.8, 4) is 5.69 Å². The Labute approximate surface area is 169 Å². The highest BCUT2D eigenvalue weighted by atomic mass is 35.5. The molecule has 0 radical (unpaired) electrons. The summed E-state index contributed by atoms with van der Waals surface area (Å²) in [6.45, 7) is 0. The van der Waals surface area contributed by atoms with Gasteiger partial charge < -0.3 is 9.72 Å². The second kappa shape index (κ2) is 7.69. The smallest absolute Gasteiger partial charge is 0.337 e. The number of hydrogen-bond donors (Lipinski definition) is 1. The number of carbonyl (C=O) groups is 1. The number of carbonyl (C=O) groups excluding carboxylic acids is 1. The predicted octanol–water partition coefficient (Wildman–Crippen LogP) is 3.03. The highest BCUT2D eigenvalue weighted by molar-refractivity contribution is 6.50. The lowest BCUT2D eigenvalue weighted by Crippen LogP contribution is -2.11. The van der Waals surface area contributed by atoms with Crippen LogP contribution in [0.15, 0.2) is 59.5 Å². The minimum Gasteiger partial charge on any atom is -0.465 e. The van der Waals surface area contributed by atoms with Crippen molar-refractivity contribution in [3.63, 3.8) is 0 Å². The van der Waals surface area contributed by atoms with E-state index in [1.807, 2.05) is 30.3 Å². The van der Waals surface area contributed by atoms with Crippen molar-refractivity contribution in [2.24, 2.45) is 0 Å². The van der Waals surface area contributed by atoms with Crippen molar-refractivity contribution < 1.29 is 9.53 Å². The standard InChI is InChI=1S/C20H14ClN5O3/c1-29-20(28)12-7-8-15-17(9-12)22-18(23-19(15)27)16(21)10-13-11-26(25-24-13)14-5-3-2-4-6-14/h2-11H,1H3,(H,22,23,27)/b16-10+. The average molecular weight is 408 g/mol. The first-order valence-electron chi connectivity index (χ1n) is 8.53. The normalized spacial score (nSPS) is 11.6. The number of hydrogen-bond acceptors (Lipinski definition) is 6. The zero-order chi connectivity index (χ0) is 20.4. The summed E-state index contributed by atoms with van der Waals surface area (Å²) < 4.78 is 6.31. The van der Waals surface area contributed by atoms with E-state index in [0.717, 1.165) is 5.69 Å². The molecule has 0 fully saturated rings. The van der Waals surface area contributed by atoms with Crippen LogP contribution in [0, 0.1) is 0 Å². The number of aromatic nitrogens is 5. The van der Waals surface area contributed by atoms with Gasteiger partial charge in [0.25, 0.3) is 5.56 Å². The molecule has 2 aromatic heterocycles. The molecule has 2 heterocycles. The van der Waals surface area contributed by atoms with Crippen LogP contribution in [0.2, 0.25) is 0 Å². The summed E-state index contributed by atoms with van der Waals surface area (Å²) >= 11 is 6.36. The molecule has 0 aliphatic heterocycles. The van der Waals surface area contributed by atoms with Gasteiger partial charge in [-0.05, 0) is 36.4 Å². The van der Waals surface area contributed by atoms with Crippen LogP contribution in [0.5, 0.6) is 0 Å². The first-order valence-corrected chi connectivity index (χ1v) is 8.90. The number of nitrogens with zero attached hydrogens (tertiary/aromatic N) is 4. The number of halogens is 1. The lowest BCUT2D eigenvalue weighted by Gasteiger charge is -2.04. The molecule has 2 aromatic carbocycles. The molecular formula is C20H14ClN5O3. The Kier molecular flexibility index (Phi) is 4.92. The second-order valence-corrected chi connectivity index (χ2v) is 6.46. The molecule has 0 atom stereocenters. The molecule has 0 saturated carbocycles. The summed E-state index contributed by atoms with van der Waals surface area (Å²) in [4.78, 5) is 31.1. The van der Waals surface area contributed by atoms with Crippen LogP contribution in [-0.2, 0) is 4.74 Å². The van der Waals surface area contributed by atoms with Gasteiger partial charge in [0.1, 0.15) is 5.69 Å². The van der Waals surface area contributed by atoms with Gasteiger partial charge in [0.2, 0.25) is 0 Å². The van der Waals surface area contributed by atoms with Gasteiger partial charge in [-0.2, -0.15) is 0 Å². The number of esters is 1. The average Bonchev–Trinajstić information content (AvgIpc) is 3.21. The summed E-state index contributed by atoms with van der Waals surface area (Å²) in [5.41, 5.74) is 1.58. The summed E-state index contributed by atoms with van der Waals surface area (Å²) in [6.07, 6.45) is 3.24. The Morgan fingerprint density at radius 1 is 1.21 bits per heavy atom. The molecule has 0 unspecified atom stereocenters. The molecule has 0 aliphatic rings. The topological polar surface area (TPSA) is 103 Å². The van der Waals surface area contributed by atoms with Crippen molar-refractivity contribution in [1.29, 1.82) is 0 Å². The SMILES string of the molecule is COC(=O)c1ccc2c(=O)[nH]c(/C(Cl)=C\c3cn(-c4ccccc4)nn3)nc2c1. The van der Waals surface area contributed by atoms with E-state index in [-0.39, 0.29) is 22.0 Å². The van der Waals surface area contributed by atoms with E-state index in [4.69, 9.17) is 16.3 Å². The molecule has 0 spiro atoms. The van der Waals surface area contributed by atoms with Gasteiger partial charge in [-0.3, -0.25) is 4.79 Å². The number of benzene rings is 2. The molecule has 144 valence electrons. The number of fused-ring (bicyclic) bond motifs is 1. The molecule has 0 aliphatic carbocycles. The van der Waals surface area contributed by atoms with Crippen LogP contribution in [-0.4, -0.2) is 38.0 Å². The Balaban J connectivity index is 1.71. The van der Waals surface area contributed by atoms with Gasteiger partial charge in [-0.1, -0.05) is 35.0 Å². The first kappa shape index (κ1) is 18.6. The van der Waals surface area contributed by atoms with Gasteiger partial charge in [0, 0.05) is 0 Å². The van der Waals surface area contributed by atoms with Crippen LogP contribution in [0.4, 0.5) is 0 Å². The van der Waals surface area contributed by atoms with Crippen molar-refractivity contribution in [2.75, 3.05) is 7.11 Å². The number of aromatic amines is 1. The van der Waals surface area contributed by atoms with E-state index in [1.165, 1.54) is 25.3 Å². The molecule has 9 heteroatoms. The fraction of sp³-hybridized carbons (Fsp3) is 0.0500. The Morgan fingerprint density at radius 2 is 2.00 bits per heavy atom. The molecule has 0 amide bonds. The summed E-state index contributed by atoms with van der Waals surface area (Å²) in [7, 11) is 1.28. The van der Waals surface area contributed by atoms with Crippen LogP contribution in [0.3, 0.4) is 0 Å². The number of methoxy groups -OCH3 is 1. The summed E-state index contributed by atoms with van der Waals surface area (Å²) in [5.74, 6) is -0.366. The highest BCUT2D eigenvalue weighted by Gasteiger charge is 2.12. The Morgan fingerprint density at radius 3 is 2.76 bits per heavy atom. The molecule has 1 N–H and O–H groups in total. The minimum absolute atomic E-state index is 0.153. The summed E-state index contributed by atoms with van der Waals surface area (Å²) in [6, 6.07) is 14.0. The molecule has 4 aromatic rings. The lowest BCUT2D eigenvalue weighted by molar-refractivity contribution is 0.0601. The maximum absolute atomic E-state index is 12.4. The van der Waals surface area contributed by atoms with Gasteiger partial charge in [-0.25, -0.2) is 14.5 Å². The van der Waals surface area contributed by atoms with Crippen molar-refractivity contribution in [1.82, 2.24) is 25.0 Å². The number of para-hydroxylation sites is 1. The van der Waals surface area contributed by atoms with Gasteiger partial charge in [0.05, 0.1) is 40.5 Å². The van der Waals surface area contributed by atoms with Gasteiger partial charge in [-0.15, -0.1) is 5.10 Å². The zero-order valence-electron chi connectivity index (χ0n) is 15.2. The fourth-order valence-electron chi connectivity index (χ4n) is 2.75. The van der Waals surface area contributed by atoms with E-state index in [9.17, 15) is 9.59 Å². The maximum atomic E-state index is 12.4. The number of rotatable bonds is 4. The van der Waals surface area contributed by atoms with E-state index in [2.05, 4.69) is 20.3 Å². The number of H-pyrrole nitrogens is 1. The van der Waals surface area contributed by atoms with Crippen molar-refractivity contribution >= 4 is 39.6 Å². The van der Waals surface area contributed by atoms with E-state index in [0.29, 0.717) is 16.6 Å². The number of ether oxygens (including phenoxy) is 1. The van der Waals surface area contributed by atoms with Crippen molar-refractivity contribution in [3.05, 3.63) is 82.2 Å². The maximum Gasteiger partial charge on any atom is 0.337 e. The monoisotopic (exact) mass is 407 g/mol. The Bertz CT molecular complexity index is 1290. The lowest BCUT2D eigenvalue weighted by atomic mass is 10.1. The largest absolute Gasteiger partial charge is 0.465 e. The van der Waals surface area contributed by atoms with E-state index in [1.54, 1.807) is 17.0 Å². The molecule has 4 rings (SSSR count). The van der Waals surface area contributed by atoms with Crippen LogP contribution in [0.1, 0.15) is 21.9 Å². The predicted molar refractivity (Wildman–Crippen MR) is 109 cm³/mol. The zero-order valence-corrected chi connectivity index (χ0v) is 15.9. The third kappa shape index (κ3) is 3.78. The van der Waals surface area contributed by atoms with Crippen LogP contribution in [0.25, 0.3) is 27.7 Å². The minimum atomic E-state index is -0.519. The first-order chi connectivity index (χ1) is 14.0. The van der Waals surface area contributed by atoms with E-state index >= 15 is 0 Å². The molecule has 8 nitrogen and oxygen atoms in total. The summed E-state index contributed by atoms with van der Waals surface area (Å²) in [5, 5.41) is 8.63. The molecule has 0 bridgehead atoms. The third-order valence-electron chi connectivity index (χ3n) is 4.16. The fourth-order valence-corrected chi connectivity index (χ4v) is 2.95. The van der Waals surface area contributed by atoms with Gasteiger partial charge in [0.15, 0.2) is 5.82 Å². The van der Waals surface area contributed by atoms with Gasteiger partial charge >= 0.3 is 5.97 Å². The van der Waals surface area contributed by atoms with Crippen LogP contribution >= 0.6 is 11.6 Å². The van der Waals surface area contributed by atoms with E-state index < -0.39 is 5.97 Å². The quantitative estimate of drug-likeness (QED) is 0.521. The van der Waals surface area contributed by atoms with Crippen molar-refractivity contribution in [2.45, 2.75) is 0 Å². The van der Waals surface area contributed by atoms with Crippen LogP contribution < -0.4 is 5.56 Å². The molecule has 0 saturated heterocycles. The highest BCUT2D eigenvalue weighted by Crippen LogP contribution is 2.20.